The van der Waals surface area contributed by atoms with E-state index >= 15 is 0 Å². The van der Waals surface area contributed by atoms with Gasteiger partial charge in [0.05, 0.1) is 0 Å². The van der Waals surface area contributed by atoms with Gasteiger partial charge in [0, 0.05) is 50.4 Å². The Labute approximate surface area is 137 Å². The van der Waals surface area contributed by atoms with Crippen LogP contribution in [0.2, 0.25) is 0 Å². The van der Waals surface area contributed by atoms with Crippen LogP contribution in [0.4, 0.5) is 11.4 Å². The average Bonchev–Trinajstić information content (AvgIpc) is 2.90. The van der Waals surface area contributed by atoms with E-state index in [1.807, 2.05) is 12.1 Å². The lowest BCUT2D eigenvalue weighted by atomic mass is 9.92. The van der Waals surface area contributed by atoms with Gasteiger partial charge in [-0.2, -0.15) is 0 Å². The predicted molar refractivity (Wildman–Crippen MR) is 94.8 cm³/mol. The number of nitrogens with two attached hydrogens (primary N) is 1. The minimum Gasteiger partial charge on any atom is -0.399 e. The van der Waals surface area contributed by atoms with Crippen LogP contribution in [0.15, 0.2) is 42.5 Å². The molecule has 0 bridgehead atoms. The number of benzene rings is 2. The van der Waals surface area contributed by atoms with Gasteiger partial charge < -0.3 is 20.7 Å². The van der Waals surface area contributed by atoms with E-state index in [0.717, 1.165) is 31.6 Å². The van der Waals surface area contributed by atoms with E-state index in [-0.39, 0.29) is 0 Å². The summed E-state index contributed by atoms with van der Waals surface area (Å²) in [6.45, 7) is 2.48. The molecule has 0 fully saturated rings. The van der Waals surface area contributed by atoms with Crippen LogP contribution in [0.5, 0.6) is 0 Å². The van der Waals surface area contributed by atoms with Gasteiger partial charge in [-0.25, -0.2) is 0 Å². The summed E-state index contributed by atoms with van der Waals surface area (Å²) >= 11 is 0. The van der Waals surface area contributed by atoms with Crippen LogP contribution >= 0.6 is 0 Å². The molecule has 3 N–H and O–H groups in total. The smallest absolute Gasteiger partial charge is 0.121 e. The molecule has 0 radical (unpaired) electrons. The molecule has 1 aliphatic heterocycles. The number of hydrogen-bond donors (Lipinski definition) is 2. The van der Waals surface area contributed by atoms with Crippen molar-refractivity contribution in [2.75, 3.05) is 30.8 Å². The van der Waals surface area contributed by atoms with Gasteiger partial charge in [0.2, 0.25) is 0 Å². The zero-order chi connectivity index (χ0) is 16.2. The van der Waals surface area contributed by atoms with Gasteiger partial charge in [-0.15, -0.1) is 0 Å². The second kappa shape index (κ2) is 6.84. The number of para-hydroxylation sites is 1. The highest BCUT2D eigenvalue weighted by molar-refractivity contribution is 5.67. The van der Waals surface area contributed by atoms with E-state index in [4.69, 9.17) is 5.73 Å². The van der Waals surface area contributed by atoms with Crippen molar-refractivity contribution in [2.24, 2.45) is 0 Å². The Morgan fingerprint density at radius 1 is 1.26 bits per heavy atom. The fraction of sp³-hybridized carbons (Fsp3) is 0.316. The Morgan fingerprint density at radius 2 is 2.04 bits per heavy atom. The molecular formula is C19H23N3O. The minimum absolute atomic E-state index is 0.380. The number of aldehydes is 1. The van der Waals surface area contributed by atoms with Crippen LogP contribution in [0, 0.1) is 0 Å². The van der Waals surface area contributed by atoms with Crippen molar-refractivity contribution >= 4 is 17.7 Å². The first-order valence-corrected chi connectivity index (χ1v) is 8.03. The van der Waals surface area contributed by atoms with Crippen LogP contribution in [-0.4, -0.2) is 26.4 Å². The summed E-state index contributed by atoms with van der Waals surface area (Å²) in [4.78, 5) is 12.7. The molecule has 0 saturated carbocycles. The van der Waals surface area contributed by atoms with Gasteiger partial charge in [0.25, 0.3) is 0 Å². The standard InChI is InChI=1S/C19H23N3O/c1-22-13-18(14-6-8-16(20)9-7-14)17-5-2-4-15(19(17)22)12-21-10-3-11-23/h2,4-9,11,18,21H,3,10,12-13,20H2,1H3. The van der Waals surface area contributed by atoms with Gasteiger partial charge in [-0.1, -0.05) is 30.3 Å². The molecule has 4 nitrogen and oxygen atoms in total. The second-order valence-corrected chi connectivity index (χ2v) is 6.09. The van der Waals surface area contributed by atoms with Gasteiger partial charge in [0.15, 0.2) is 0 Å². The summed E-state index contributed by atoms with van der Waals surface area (Å²) in [7, 11) is 2.14. The highest BCUT2D eigenvalue weighted by Gasteiger charge is 2.29. The van der Waals surface area contributed by atoms with Crippen molar-refractivity contribution in [1.82, 2.24) is 5.32 Å². The summed E-state index contributed by atoms with van der Waals surface area (Å²) < 4.78 is 0. The number of hydrogen-bond acceptors (Lipinski definition) is 4. The topological polar surface area (TPSA) is 58.4 Å². The number of anilines is 2. The van der Waals surface area contributed by atoms with E-state index in [0.29, 0.717) is 12.3 Å². The number of nitrogens with zero attached hydrogens (tertiary/aromatic N) is 1. The summed E-state index contributed by atoms with van der Waals surface area (Å²) in [5.74, 6) is 0.380. The first-order chi connectivity index (χ1) is 11.2. The molecule has 120 valence electrons. The average molecular weight is 309 g/mol. The molecule has 0 aliphatic carbocycles. The molecule has 1 heterocycles. The SMILES string of the molecule is CN1CC(c2ccc(N)cc2)c2cccc(CNCCC=O)c21. The molecule has 3 rings (SSSR count). The fourth-order valence-electron chi connectivity index (χ4n) is 3.36. The number of likely N-dealkylation sites (N-methyl/N-ethyl adjacent to an activating group) is 1. The number of rotatable bonds is 6. The third-order valence-corrected chi connectivity index (χ3v) is 4.46. The quantitative estimate of drug-likeness (QED) is 0.489. The maximum atomic E-state index is 10.4. The summed E-state index contributed by atoms with van der Waals surface area (Å²) in [5, 5.41) is 3.34. The van der Waals surface area contributed by atoms with Gasteiger partial charge in [-0.3, -0.25) is 0 Å². The molecular weight excluding hydrogens is 286 g/mol. The first kappa shape index (κ1) is 15.6. The van der Waals surface area contributed by atoms with Crippen molar-refractivity contribution < 1.29 is 4.79 Å². The fourth-order valence-corrected chi connectivity index (χ4v) is 3.36. The summed E-state index contributed by atoms with van der Waals surface area (Å²) in [6.07, 6.45) is 1.50. The molecule has 4 heteroatoms. The van der Waals surface area contributed by atoms with Crippen LogP contribution < -0.4 is 16.0 Å². The van der Waals surface area contributed by atoms with Gasteiger partial charge in [0.1, 0.15) is 6.29 Å². The van der Waals surface area contributed by atoms with Crippen LogP contribution in [-0.2, 0) is 11.3 Å². The Balaban J connectivity index is 1.86. The predicted octanol–water partition coefficient (Wildman–Crippen LogP) is 2.53. The van der Waals surface area contributed by atoms with E-state index in [2.05, 4.69) is 47.6 Å². The molecule has 2 aromatic carbocycles. The van der Waals surface area contributed by atoms with Crippen molar-refractivity contribution in [2.45, 2.75) is 18.9 Å². The van der Waals surface area contributed by atoms with E-state index < -0.39 is 0 Å². The highest BCUT2D eigenvalue weighted by Crippen LogP contribution is 2.41. The number of nitrogens with one attached hydrogen (secondary N) is 1. The lowest BCUT2D eigenvalue weighted by molar-refractivity contribution is -0.107. The molecule has 1 atom stereocenters. The number of fused-ring (bicyclic) bond motifs is 1. The number of carbonyl (C=O) groups excluding carboxylic acids is 1. The molecule has 1 unspecified atom stereocenters. The third-order valence-electron chi connectivity index (χ3n) is 4.46. The van der Waals surface area contributed by atoms with Crippen LogP contribution in [0.1, 0.15) is 29.0 Å². The van der Waals surface area contributed by atoms with Crippen molar-refractivity contribution in [3.63, 3.8) is 0 Å². The first-order valence-electron chi connectivity index (χ1n) is 8.03. The maximum Gasteiger partial charge on any atom is 0.121 e. The summed E-state index contributed by atoms with van der Waals surface area (Å²) in [6, 6.07) is 14.7. The van der Waals surface area contributed by atoms with E-state index in [1.165, 1.54) is 22.4 Å². The largest absolute Gasteiger partial charge is 0.399 e. The molecule has 0 aromatic heterocycles. The van der Waals surface area contributed by atoms with Crippen molar-refractivity contribution in [1.29, 1.82) is 0 Å². The Kier molecular flexibility index (Phi) is 4.63. The molecule has 2 aromatic rings. The summed E-state index contributed by atoms with van der Waals surface area (Å²) in [5.41, 5.74) is 11.9. The van der Waals surface area contributed by atoms with Crippen LogP contribution in [0.3, 0.4) is 0 Å². The lowest BCUT2D eigenvalue weighted by Crippen LogP contribution is -2.19. The second-order valence-electron chi connectivity index (χ2n) is 6.09. The van der Waals surface area contributed by atoms with Gasteiger partial charge in [-0.05, 0) is 28.8 Å². The molecule has 1 aliphatic rings. The van der Waals surface area contributed by atoms with E-state index in [9.17, 15) is 4.79 Å². The monoisotopic (exact) mass is 309 g/mol. The zero-order valence-corrected chi connectivity index (χ0v) is 13.5. The highest BCUT2D eigenvalue weighted by atomic mass is 16.1. The Morgan fingerprint density at radius 3 is 2.78 bits per heavy atom. The minimum atomic E-state index is 0.380. The van der Waals surface area contributed by atoms with Crippen molar-refractivity contribution in [3.05, 3.63) is 59.2 Å². The molecule has 0 amide bonds. The molecule has 0 saturated heterocycles. The number of carbonyl (C=O) groups is 1. The lowest BCUT2D eigenvalue weighted by Gasteiger charge is -2.17. The third kappa shape index (κ3) is 3.22. The maximum absolute atomic E-state index is 10.4. The Bertz CT molecular complexity index is 682. The zero-order valence-electron chi connectivity index (χ0n) is 13.5. The normalized spacial score (nSPS) is 16.4. The Hall–Kier alpha value is -2.33. The number of nitrogen functional groups attached to an aromatic ring is 1. The van der Waals surface area contributed by atoms with Crippen molar-refractivity contribution in [3.8, 4) is 0 Å². The molecule has 23 heavy (non-hydrogen) atoms. The van der Waals surface area contributed by atoms with Crippen LogP contribution in [0.25, 0.3) is 0 Å². The molecule has 0 spiro atoms. The van der Waals surface area contributed by atoms with E-state index in [1.54, 1.807) is 0 Å². The van der Waals surface area contributed by atoms with Gasteiger partial charge >= 0.3 is 0 Å².